The molecule has 0 aliphatic rings. The molecule has 10 heavy (non-hydrogen) atoms. The maximum atomic E-state index is 8.44. The molecule has 1 unspecified atom stereocenters. The van der Waals surface area contributed by atoms with Crippen LogP contribution < -0.4 is 0 Å². The van der Waals surface area contributed by atoms with Crippen LogP contribution in [0.1, 0.15) is 26.2 Å². The summed E-state index contributed by atoms with van der Waals surface area (Å²) in [7, 11) is 4.05. The Morgan fingerprint density at radius 1 is 1.50 bits per heavy atom. The van der Waals surface area contributed by atoms with Crippen LogP contribution in [0, 0.1) is 11.3 Å². The first-order valence-corrected chi connectivity index (χ1v) is 3.75. The molecule has 0 saturated carbocycles. The molecule has 0 radical (unpaired) electrons. The fourth-order valence-corrected chi connectivity index (χ4v) is 0.981. The molecule has 0 spiro atoms. The van der Waals surface area contributed by atoms with E-state index in [1.54, 1.807) is 0 Å². The summed E-state index contributed by atoms with van der Waals surface area (Å²) in [5.74, 6) is 0. The van der Waals surface area contributed by atoms with Crippen LogP contribution in [0.3, 0.4) is 0 Å². The number of nitriles is 1. The Morgan fingerprint density at radius 3 is 2.40 bits per heavy atom. The van der Waals surface area contributed by atoms with Crippen LogP contribution in [-0.4, -0.2) is 25.0 Å². The lowest BCUT2D eigenvalue weighted by molar-refractivity contribution is 0.280. The summed E-state index contributed by atoms with van der Waals surface area (Å²) >= 11 is 0. The Kier molecular flexibility index (Phi) is 4.96. The highest BCUT2D eigenvalue weighted by Gasteiger charge is 2.07. The van der Waals surface area contributed by atoms with Gasteiger partial charge in [-0.15, -0.1) is 0 Å². The average molecular weight is 140 g/mol. The van der Waals surface area contributed by atoms with Crippen molar-refractivity contribution in [2.75, 3.05) is 14.1 Å². The second kappa shape index (κ2) is 5.25. The third-order valence-corrected chi connectivity index (χ3v) is 1.68. The van der Waals surface area contributed by atoms with Crippen molar-refractivity contribution in [2.24, 2.45) is 0 Å². The van der Waals surface area contributed by atoms with Gasteiger partial charge in [-0.05, 0) is 20.5 Å². The third kappa shape index (κ3) is 3.47. The van der Waals surface area contributed by atoms with Gasteiger partial charge in [0.15, 0.2) is 0 Å². The highest BCUT2D eigenvalue weighted by Crippen LogP contribution is 2.05. The van der Waals surface area contributed by atoms with Gasteiger partial charge in [0.25, 0.3) is 0 Å². The van der Waals surface area contributed by atoms with Crippen molar-refractivity contribution in [3.05, 3.63) is 0 Å². The molecule has 0 bridgehead atoms. The van der Waals surface area contributed by atoms with E-state index in [2.05, 4.69) is 17.9 Å². The summed E-state index contributed by atoms with van der Waals surface area (Å²) in [5.41, 5.74) is 0. The van der Waals surface area contributed by atoms with Crippen molar-refractivity contribution in [1.29, 1.82) is 5.26 Å². The Balaban J connectivity index is 3.63. The largest absolute Gasteiger partial charge is 0.305 e. The first-order valence-electron chi connectivity index (χ1n) is 3.75. The molecule has 0 fully saturated rings. The van der Waals surface area contributed by atoms with Crippen molar-refractivity contribution < 1.29 is 0 Å². The maximum Gasteiger partial charge on any atom is 0.0638 e. The van der Waals surface area contributed by atoms with Crippen molar-refractivity contribution in [2.45, 2.75) is 32.2 Å². The van der Waals surface area contributed by atoms with E-state index in [4.69, 9.17) is 5.26 Å². The minimum atomic E-state index is 0.454. The fraction of sp³-hybridized carbons (Fsp3) is 0.875. The van der Waals surface area contributed by atoms with Gasteiger partial charge in [-0.3, -0.25) is 0 Å². The van der Waals surface area contributed by atoms with Crippen LogP contribution in [0.5, 0.6) is 0 Å². The molecule has 0 aromatic heterocycles. The number of rotatable bonds is 4. The zero-order valence-electron chi connectivity index (χ0n) is 7.09. The van der Waals surface area contributed by atoms with Crippen molar-refractivity contribution >= 4 is 0 Å². The van der Waals surface area contributed by atoms with Gasteiger partial charge in [-0.1, -0.05) is 13.3 Å². The van der Waals surface area contributed by atoms with E-state index < -0.39 is 0 Å². The molecular formula is C8H16N2. The molecule has 0 rings (SSSR count). The van der Waals surface area contributed by atoms with E-state index in [1.165, 1.54) is 0 Å². The summed E-state index contributed by atoms with van der Waals surface area (Å²) in [6.07, 6.45) is 2.94. The van der Waals surface area contributed by atoms with Gasteiger partial charge in [0.1, 0.15) is 0 Å². The smallest absolute Gasteiger partial charge is 0.0638 e. The minimum absolute atomic E-state index is 0.454. The second-order valence-corrected chi connectivity index (χ2v) is 2.77. The van der Waals surface area contributed by atoms with Crippen molar-refractivity contribution in [3.63, 3.8) is 0 Å². The Labute approximate surface area is 63.4 Å². The van der Waals surface area contributed by atoms with E-state index in [0.29, 0.717) is 12.5 Å². The maximum absolute atomic E-state index is 8.44. The predicted octanol–water partition coefficient (Wildman–Crippen LogP) is 1.63. The zero-order valence-corrected chi connectivity index (χ0v) is 7.09. The lowest BCUT2D eigenvalue weighted by Crippen LogP contribution is -2.27. The normalized spacial score (nSPS) is 13.1. The van der Waals surface area contributed by atoms with Crippen LogP contribution >= 0.6 is 0 Å². The molecule has 0 aromatic rings. The fourth-order valence-electron chi connectivity index (χ4n) is 0.981. The molecule has 0 N–H and O–H groups in total. The highest BCUT2D eigenvalue weighted by atomic mass is 15.1. The summed E-state index contributed by atoms with van der Waals surface area (Å²) < 4.78 is 0. The van der Waals surface area contributed by atoms with E-state index in [9.17, 15) is 0 Å². The summed E-state index contributed by atoms with van der Waals surface area (Å²) in [6.45, 7) is 2.15. The van der Waals surface area contributed by atoms with Gasteiger partial charge >= 0.3 is 0 Å². The van der Waals surface area contributed by atoms with Crippen LogP contribution in [0.4, 0.5) is 0 Å². The summed E-state index contributed by atoms with van der Waals surface area (Å²) in [6, 6.07) is 2.65. The average Bonchev–Trinajstić information content (AvgIpc) is 1.87. The molecule has 0 aromatic carbocycles. The van der Waals surface area contributed by atoms with Gasteiger partial charge in [0.05, 0.1) is 12.5 Å². The van der Waals surface area contributed by atoms with Crippen LogP contribution in [0.2, 0.25) is 0 Å². The number of hydrogen-bond donors (Lipinski definition) is 0. The number of hydrogen-bond acceptors (Lipinski definition) is 2. The monoisotopic (exact) mass is 140 g/mol. The Morgan fingerprint density at radius 2 is 2.10 bits per heavy atom. The van der Waals surface area contributed by atoms with Gasteiger partial charge in [0, 0.05) is 6.04 Å². The van der Waals surface area contributed by atoms with E-state index in [0.717, 1.165) is 12.8 Å². The molecular weight excluding hydrogens is 124 g/mol. The van der Waals surface area contributed by atoms with Gasteiger partial charge < -0.3 is 4.90 Å². The van der Waals surface area contributed by atoms with Crippen LogP contribution in [-0.2, 0) is 0 Å². The minimum Gasteiger partial charge on any atom is -0.305 e. The van der Waals surface area contributed by atoms with Crippen molar-refractivity contribution in [1.82, 2.24) is 4.90 Å². The molecule has 0 heterocycles. The summed E-state index contributed by atoms with van der Waals surface area (Å²) in [5, 5.41) is 8.44. The quantitative estimate of drug-likeness (QED) is 0.593. The van der Waals surface area contributed by atoms with E-state index >= 15 is 0 Å². The SMILES string of the molecule is CCCC(CC#N)N(C)C. The molecule has 2 nitrogen and oxygen atoms in total. The Bertz CT molecular complexity index is 113. The van der Waals surface area contributed by atoms with E-state index in [1.807, 2.05) is 14.1 Å². The molecule has 0 aliphatic carbocycles. The molecule has 0 aliphatic heterocycles. The van der Waals surface area contributed by atoms with Crippen LogP contribution in [0.25, 0.3) is 0 Å². The van der Waals surface area contributed by atoms with Gasteiger partial charge in [-0.25, -0.2) is 0 Å². The lowest BCUT2D eigenvalue weighted by atomic mass is 10.1. The second-order valence-electron chi connectivity index (χ2n) is 2.77. The topological polar surface area (TPSA) is 27.0 Å². The molecule has 0 amide bonds. The lowest BCUT2D eigenvalue weighted by Gasteiger charge is -2.20. The standard InChI is InChI=1S/C8H16N2/c1-4-5-8(6-7-9)10(2)3/h8H,4-6H2,1-3H3. The molecule has 1 atom stereocenters. The van der Waals surface area contributed by atoms with Gasteiger partial charge in [-0.2, -0.15) is 5.26 Å². The van der Waals surface area contributed by atoms with Gasteiger partial charge in [0.2, 0.25) is 0 Å². The zero-order chi connectivity index (χ0) is 7.98. The third-order valence-electron chi connectivity index (χ3n) is 1.68. The Hall–Kier alpha value is -0.550. The number of nitrogens with zero attached hydrogens (tertiary/aromatic N) is 2. The molecule has 58 valence electrons. The molecule has 2 heteroatoms. The van der Waals surface area contributed by atoms with E-state index in [-0.39, 0.29) is 0 Å². The van der Waals surface area contributed by atoms with Crippen LogP contribution in [0.15, 0.2) is 0 Å². The predicted molar refractivity (Wildman–Crippen MR) is 42.6 cm³/mol. The first-order chi connectivity index (χ1) is 4.72. The first kappa shape index (κ1) is 9.45. The summed E-state index contributed by atoms with van der Waals surface area (Å²) in [4.78, 5) is 2.12. The van der Waals surface area contributed by atoms with Crippen molar-refractivity contribution in [3.8, 4) is 6.07 Å². The molecule has 0 saturated heterocycles. The highest BCUT2D eigenvalue weighted by molar-refractivity contribution is 4.79.